The number of benzene rings is 2. The maximum absolute atomic E-state index is 11.7. The van der Waals surface area contributed by atoms with Gasteiger partial charge in [0.25, 0.3) is 0 Å². The minimum atomic E-state index is -0.399. The molecule has 0 saturated carbocycles. The average Bonchev–Trinajstić information content (AvgIpc) is 2.60. The van der Waals surface area contributed by atoms with Gasteiger partial charge in [-0.2, -0.15) is 5.26 Å². The van der Waals surface area contributed by atoms with Crippen molar-refractivity contribution in [3.8, 4) is 17.6 Å². The summed E-state index contributed by atoms with van der Waals surface area (Å²) in [5.74, 6) is 0.596. The lowest BCUT2D eigenvalue weighted by Gasteiger charge is -2.12. The van der Waals surface area contributed by atoms with Crippen molar-refractivity contribution < 1.29 is 19.0 Å². The van der Waals surface area contributed by atoms with Gasteiger partial charge in [0.05, 0.1) is 30.9 Å². The number of carbonyl (C=O) groups is 1. The Morgan fingerprint density at radius 3 is 2.48 bits per heavy atom. The van der Waals surface area contributed by atoms with Gasteiger partial charge in [0.2, 0.25) is 0 Å². The minimum absolute atomic E-state index is 0.318. The lowest BCUT2D eigenvalue weighted by molar-refractivity contribution is 0.0526. The molecule has 0 saturated heterocycles. The number of nitrogens with zero attached hydrogens (tertiary/aromatic N) is 1. The molecule has 0 aliphatic carbocycles. The van der Waals surface area contributed by atoms with Gasteiger partial charge < -0.3 is 14.2 Å². The Morgan fingerprint density at radius 1 is 1.13 bits per heavy atom. The number of rotatable bonds is 6. The van der Waals surface area contributed by atoms with Gasteiger partial charge in [-0.25, -0.2) is 4.79 Å². The van der Waals surface area contributed by atoms with Gasteiger partial charge in [0.15, 0.2) is 11.5 Å². The molecule has 0 bridgehead atoms. The van der Waals surface area contributed by atoms with E-state index in [1.807, 2.05) is 12.1 Å². The number of esters is 1. The number of ether oxygens (including phenoxy) is 3. The van der Waals surface area contributed by atoms with Crippen molar-refractivity contribution in [3.05, 3.63) is 59.2 Å². The van der Waals surface area contributed by atoms with Gasteiger partial charge in [-0.15, -0.1) is 0 Å². The smallest absolute Gasteiger partial charge is 0.338 e. The SMILES string of the molecule is CCOC(=O)c1ccc(OCc2ccc(C#N)cc2)c(OC)c1. The van der Waals surface area contributed by atoms with Crippen LogP contribution >= 0.6 is 0 Å². The van der Waals surface area contributed by atoms with Crippen LogP contribution in [0.2, 0.25) is 0 Å². The third kappa shape index (κ3) is 4.24. The van der Waals surface area contributed by atoms with E-state index in [0.29, 0.717) is 35.8 Å². The van der Waals surface area contributed by atoms with Gasteiger partial charge in [-0.1, -0.05) is 12.1 Å². The highest BCUT2D eigenvalue weighted by molar-refractivity contribution is 5.90. The van der Waals surface area contributed by atoms with Crippen molar-refractivity contribution in [1.82, 2.24) is 0 Å². The molecule has 0 aliphatic heterocycles. The molecule has 0 N–H and O–H groups in total. The van der Waals surface area contributed by atoms with Gasteiger partial charge in [-0.3, -0.25) is 0 Å². The van der Waals surface area contributed by atoms with Crippen LogP contribution in [0.1, 0.15) is 28.4 Å². The van der Waals surface area contributed by atoms with Gasteiger partial charge in [0, 0.05) is 0 Å². The summed E-state index contributed by atoms with van der Waals surface area (Å²) in [5, 5.41) is 8.78. The normalized spacial score (nSPS) is 9.78. The number of hydrogen-bond acceptors (Lipinski definition) is 5. The molecule has 0 fully saturated rings. The Balaban J connectivity index is 2.09. The Morgan fingerprint density at radius 2 is 1.87 bits per heavy atom. The Labute approximate surface area is 135 Å². The van der Waals surface area contributed by atoms with E-state index in [0.717, 1.165) is 5.56 Å². The van der Waals surface area contributed by atoms with Gasteiger partial charge in [0.1, 0.15) is 6.61 Å². The highest BCUT2D eigenvalue weighted by Crippen LogP contribution is 2.29. The number of carbonyl (C=O) groups excluding carboxylic acids is 1. The summed E-state index contributed by atoms with van der Waals surface area (Å²) in [6.07, 6.45) is 0. The molecule has 118 valence electrons. The van der Waals surface area contributed by atoms with E-state index in [1.165, 1.54) is 7.11 Å². The first-order valence-electron chi connectivity index (χ1n) is 7.15. The van der Waals surface area contributed by atoms with E-state index >= 15 is 0 Å². The van der Waals surface area contributed by atoms with Crippen LogP contribution < -0.4 is 9.47 Å². The first-order chi connectivity index (χ1) is 11.2. The summed E-state index contributed by atoms with van der Waals surface area (Å²) in [5.41, 5.74) is 1.94. The highest BCUT2D eigenvalue weighted by atomic mass is 16.5. The van der Waals surface area contributed by atoms with Crippen LogP contribution in [0.25, 0.3) is 0 Å². The quantitative estimate of drug-likeness (QED) is 0.765. The summed E-state index contributed by atoms with van der Waals surface area (Å²) in [6, 6.07) is 14.1. The molecule has 5 nitrogen and oxygen atoms in total. The molecule has 23 heavy (non-hydrogen) atoms. The van der Waals surface area contributed by atoms with Crippen LogP contribution in [0.3, 0.4) is 0 Å². The topological polar surface area (TPSA) is 68.5 Å². The van der Waals surface area contributed by atoms with Crippen molar-refractivity contribution >= 4 is 5.97 Å². The summed E-state index contributed by atoms with van der Waals surface area (Å²) in [4.78, 5) is 11.7. The van der Waals surface area contributed by atoms with Crippen LogP contribution in [0.15, 0.2) is 42.5 Å². The van der Waals surface area contributed by atoms with E-state index in [9.17, 15) is 4.79 Å². The molecule has 0 aromatic heterocycles. The third-order valence-electron chi connectivity index (χ3n) is 3.15. The van der Waals surface area contributed by atoms with Crippen LogP contribution in [-0.4, -0.2) is 19.7 Å². The summed E-state index contributed by atoms with van der Waals surface area (Å²) in [7, 11) is 1.51. The van der Waals surface area contributed by atoms with Crippen LogP contribution in [0.5, 0.6) is 11.5 Å². The second-order valence-corrected chi connectivity index (χ2v) is 4.68. The zero-order valence-electron chi connectivity index (χ0n) is 13.0. The fraction of sp³-hybridized carbons (Fsp3) is 0.222. The Bertz CT molecular complexity index is 717. The first kappa shape index (κ1) is 16.4. The molecule has 0 heterocycles. The number of methoxy groups -OCH3 is 1. The number of nitriles is 1. The monoisotopic (exact) mass is 311 g/mol. The highest BCUT2D eigenvalue weighted by Gasteiger charge is 2.12. The Hall–Kier alpha value is -3.00. The molecule has 0 amide bonds. The second kappa shape index (κ2) is 7.85. The van der Waals surface area contributed by atoms with Crippen molar-refractivity contribution in [3.63, 3.8) is 0 Å². The lowest BCUT2D eigenvalue weighted by Crippen LogP contribution is -2.05. The predicted molar refractivity (Wildman–Crippen MR) is 84.4 cm³/mol. The second-order valence-electron chi connectivity index (χ2n) is 4.68. The van der Waals surface area contributed by atoms with Gasteiger partial charge >= 0.3 is 5.97 Å². The van der Waals surface area contributed by atoms with Crippen molar-refractivity contribution in [2.45, 2.75) is 13.5 Å². The van der Waals surface area contributed by atoms with Gasteiger partial charge in [-0.05, 0) is 42.8 Å². The summed E-state index contributed by atoms with van der Waals surface area (Å²) in [6.45, 7) is 2.41. The fourth-order valence-corrected chi connectivity index (χ4v) is 1.96. The van der Waals surface area contributed by atoms with Crippen molar-refractivity contribution in [2.75, 3.05) is 13.7 Å². The standard InChI is InChI=1S/C18H17NO4/c1-3-22-18(20)15-8-9-16(17(10-15)21-2)23-12-14-6-4-13(11-19)5-7-14/h4-10H,3,12H2,1-2H3. The van der Waals surface area contributed by atoms with E-state index in [4.69, 9.17) is 19.5 Å². The molecule has 0 aliphatic rings. The van der Waals surface area contributed by atoms with Crippen molar-refractivity contribution in [2.24, 2.45) is 0 Å². The zero-order valence-corrected chi connectivity index (χ0v) is 13.0. The largest absolute Gasteiger partial charge is 0.493 e. The maximum Gasteiger partial charge on any atom is 0.338 e. The first-order valence-corrected chi connectivity index (χ1v) is 7.15. The summed E-state index contributed by atoms with van der Waals surface area (Å²) >= 11 is 0. The molecule has 5 heteroatoms. The molecular weight excluding hydrogens is 294 g/mol. The average molecular weight is 311 g/mol. The molecular formula is C18H17NO4. The van der Waals surface area contributed by atoms with Crippen molar-refractivity contribution in [1.29, 1.82) is 5.26 Å². The lowest BCUT2D eigenvalue weighted by atomic mass is 10.1. The van der Waals surface area contributed by atoms with E-state index < -0.39 is 5.97 Å². The Kier molecular flexibility index (Phi) is 5.59. The molecule has 0 unspecified atom stereocenters. The molecule has 0 radical (unpaired) electrons. The van der Waals surface area contributed by atoms with Crippen LogP contribution in [0, 0.1) is 11.3 Å². The molecule has 2 aromatic rings. The number of hydrogen-bond donors (Lipinski definition) is 0. The van der Waals surface area contributed by atoms with E-state index in [-0.39, 0.29) is 0 Å². The zero-order chi connectivity index (χ0) is 16.7. The van der Waals surface area contributed by atoms with Crippen LogP contribution in [-0.2, 0) is 11.3 Å². The maximum atomic E-state index is 11.7. The fourth-order valence-electron chi connectivity index (χ4n) is 1.96. The third-order valence-corrected chi connectivity index (χ3v) is 3.15. The molecule has 2 aromatic carbocycles. The predicted octanol–water partition coefficient (Wildman–Crippen LogP) is 3.32. The summed E-state index contributed by atoms with van der Waals surface area (Å²) < 4.78 is 15.9. The minimum Gasteiger partial charge on any atom is -0.493 e. The van der Waals surface area contributed by atoms with Crippen LogP contribution in [0.4, 0.5) is 0 Å². The molecule has 2 rings (SSSR count). The van der Waals surface area contributed by atoms with E-state index in [2.05, 4.69) is 6.07 Å². The molecule has 0 atom stereocenters. The van der Waals surface area contributed by atoms with E-state index in [1.54, 1.807) is 37.3 Å². The molecule has 0 spiro atoms.